The van der Waals surface area contributed by atoms with Crippen LogP contribution >= 0.6 is 0 Å². The molecule has 33 heavy (non-hydrogen) atoms. The van der Waals surface area contributed by atoms with Crippen LogP contribution in [-0.4, -0.2) is 69.7 Å². The average molecular weight is 447 g/mol. The standard InChI is InChI=1S/C23H25N7O3/c1-3-30-21-20-17(24-13-25-21)10-15(11-18(20)27-23(30)33)12-28-6-8-29(9-7-28)19-5-4-16(22(31)32)26-14(19)2/h4-5,10-11,13H,3,6-9,12H2,1-2H3,(H,27,33)(H,31,32). The van der Waals surface area contributed by atoms with E-state index in [-0.39, 0.29) is 11.7 Å². The largest absolute Gasteiger partial charge is 0.477 e. The Bertz CT molecular complexity index is 1250. The van der Waals surface area contributed by atoms with E-state index in [1.165, 1.54) is 6.33 Å². The molecule has 0 saturated carbocycles. The maximum Gasteiger partial charge on any atom is 0.354 e. The smallest absolute Gasteiger partial charge is 0.354 e. The van der Waals surface area contributed by atoms with Crippen LogP contribution in [-0.2, 0) is 6.54 Å². The van der Waals surface area contributed by atoms with E-state index >= 15 is 0 Å². The SMILES string of the molecule is CCN1C(=O)Nc2cc(CN3CCN(c4ccc(C(=O)O)nc4C)CC3)cc3ncnc1c23. The second-order valence-corrected chi connectivity index (χ2v) is 8.28. The molecule has 0 spiro atoms. The Morgan fingerprint density at radius 1 is 1.15 bits per heavy atom. The number of nitrogens with zero attached hydrogens (tertiary/aromatic N) is 6. The number of carbonyl (C=O) groups is 2. The molecule has 0 bridgehead atoms. The van der Waals surface area contributed by atoms with Crippen LogP contribution in [0.4, 0.5) is 22.0 Å². The number of hydrogen-bond donors (Lipinski definition) is 2. The number of pyridine rings is 1. The minimum atomic E-state index is -1.01. The number of nitrogens with one attached hydrogen (secondary N) is 1. The van der Waals surface area contributed by atoms with Crippen molar-refractivity contribution in [2.45, 2.75) is 20.4 Å². The minimum Gasteiger partial charge on any atom is -0.477 e. The van der Waals surface area contributed by atoms with E-state index in [2.05, 4.69) is 36.1 Å². The molecule has 4 heterocycles. The lowest BCUT2D eigenvalue weighted by Crippen LogP contribution is -2.46. The summed E-state index contributed by atoms with van der Waals surface area (Å²) in [6.45, 7) is 8.42. The third kappa shape index (κ3) is 3.82. The summed E-state index contributed by atoms with van der Waals surface area (Å²) in [6, 6.07) is 7.32. The molecule has 1 aromatic carbocycles. The van der Waals surface area contributed by atoms with Crippen molar-refractivity contribution in [2.24, 2.45) is 0 Å². The molecule has 1 fully saturated rings. The number of urea groups is 1. The quantitative estimate of drug-likeness (QED) is 0.614. The summed E-state index contributed by atoms with van der Waals surface area (Å²) in [6.07, 6.45) is 1.51. The minimum absolute atomic E-state index is 0.0660. The molecule has 0 aliphatic carbocycles. The third-order valence-corrected chi connectivity index (χ3v) is 6.23. The molecule has 0 unspecified atom stereocenters. The zero-order valence-corrected chi connectivity index (χ0v) is 18.6. The van der Waals surface area contributed by atoms with E-state index < -0.39 is 5.97 Å². The van der Waals surface area contributed by atoms with Crippen LogP contribution in [0.15, 0.2) is 30.6 Å². The molecule has 1 saturated heterocycles. The summed E-state index contributed by atoms with van der Waals surface area (Å²) >= 11 is 0. The van der Waals surface area contributed by atoms with Gasteiger partial charge in [-0.05, 0) is 43.7 Å². The molecular formula is C23H25N7O3. The Morgan fingerprint density at radius 2 is 1.94 bits per heavy atom. The van der Waals surface area contributed by atoms with Gasteiger partial charge in [0, 0.05) is 39.3 Å². The number of rotatable bonds is 5. The average Bonchev–Trinajstić information content (AvgIpc) is 2.80. The zero-order chi connectivity index (χ0) is 23.1. The van der Waals surface area contributed by atoms with Gasteiger partial charge in [-0.2, -0.15) is 0 Å². The Balaban J connectivity index is 1.31. The number of carboxylic acids is 1. The lowest BCUT2D eigenvalue weighted by Gasteiger charge is -2.36. The summed E-state index contributed by atoms with van der Waals surface area (Å²) in [5, 5.41) is 13.0. The van der Waals surface area contributed by atoms with Gasteiger partial charge in [-0.3, -0.25) is 9.80 Å². The summed E-state index contributed by atoms with van der Waals surface area (Å²) in [5.41, 5.74) is 4.43. The number of piperazine rings is 1. The molecule has 5 rings (SSSR count). The highest BCUT2D eigenvalue weighted by Gasteiger charge is 2.27. The molecule has 10 heteroatoms. The number of benzene rings is 1. The van der Waals surface area contributed by atoms with Gasteiger partial charge >= 0.3 is 12.0 Å². The first-order valence-corrected chi connectivity index (χ1v) is 11.0. The fourth-order valence-electron chi connectivity index (χ4n) is 4.61. The van der Waals surface area contributed by atoms with Crippen LogP contribution in [0, 0.1) is 6.92 Å². The number of aromatic nitrogens is 3. The van der Waals surface area contributed by atoms with E-state index in [4.69, 9.17) is 5.11 Å². The zero-order valence-electron chi connectivity index (χ0n) is 18.6. The fourth-order valence-corrected chi connectivity index (χ4v) is 4.61. The molecule has 2 aliphatic heterocycles. The monoisotopic (exact) mass is 447 g/mol. The molecule has 0 atom stereocenters. The van der Waals surface area contributed by atoms with E-state index in [1.807, 2.05) is 26.0 Å². The number of aromatic carboxylic acids is 1. The molecule has 10 nitrogen and oxygen atoms in total. The first kappa shape index (κ1) is 21.1. The maximum atomic E-state index is 12.5. The summed E-state index contributed by atoms with van der Waals surface area (Å²) in [7, 11) is 0. The normalized spacial score (nSPS) is 16.2. The molecule has 2 aromatic heterocycles. The fraction of sp³-hybridized carbons (Fsp3) is 0.348. The molecular weight excluding hydrogens is 422 g/mol. The van der Waals surface area contributed by atoms with Gasteiger partial charge in [0.2, 0.25) is 0 Å². The van der Waals surface area contributed by atoms with Crippen molar-refractivity contribution in [2.75, 3.05) is 47.8 Å². The van der Waals surface area contributed by atoms with Gasteiger partial charge < -0.3 is 15.3 Å². The van der Waals surface area contributed by atoms with Crippen LogP contribution in [0.3, 0.4) is 0 Å². The highest BCUT2D eigenvalue weighted by Crippen LogP contribution is 2.35. The van der Waals surface area contributed by atoms with E-state index in [0.717, 1.165) is 66.3 Å². The van der Waals surface area contributed by atoms with Gasteiger partial charge in [0.15, 0.2) is 0 Å². The van der Waals surface area contributed by atoms with Gasteiger partial charge in [-0.25, -0.2) is 24.5 Å². The highest BCUT2D eigenvalue weighted by atomic mass is 16.4. The van der Waals surface area contributed by atoms with Crippen molar-refractivity contribution in [1.29, 1.82) is 0 Å². The van der Waals surface area contributed by atoms with Crippen molar-refractivity contribution < 1.29 is 14.7 Å². The lowest BCUT2D eigenvalue weighted by atomic mass is 10.1. The van der Waals surface area contributed by atoms with Crippen LogP contribution < -0.4 is 15.1 Å². The van der Waals surface area contributed by atoms with Gasteiger partial charge in [0.1, 0.15) is 17.8 Å². The van der Waals surface area contributed by atoms with Crippen molar-refractivity contribution >= 4 is 40.1 Å². The van der Waals surface area contributed by atoms with Crippen LogP contribution in [0.5, 0.6) is 0 Å². The summed E-state index contributed by atoms with van der Waals surface area (Å²) < 4.78 is 0. The van der Waals surface area contributed by atoms with Crippen molar-refractivity contribution in [1.82, 2.24) is 19.9 Å². The first-order chi connectivity index (χ1) is 15.9. The van der Waals surface area contributed by atoms with Gasteiger partial charge in [-0.15, -0.1) is 0 Å². The maximum absolute atomic E-state index is 12.5. The highest BCUT2D eigenvalue weighted by molar-refractivity contribution is 6.17. The van der Waals surface area contributed by atoms with Crippen molar-refractivity contribution in [3.63, 3.8) is 0 Å². The summed E-state index contributed by atoms with van der Waals surface area (Å²) in [4.78, 5) is 42.9. The van der Waals surface area contributed by atoms with Crippen LogP contribution in [0.2, 0.25) is 0 Å². The first-order valence-electron chi connectivity index (χ1n) is 11.0. The summed E-state index contributed by atoms with van der Waals surface area (Å²) in [5.74, 6) is -0.362. The molecule has 0 radical (unpaired) electrons. The number of aryl methyl sites for hydroxylation is 1. The van der Waals surface area contributed by atoms with E-state index in [9.17, 15) is 9.59 Å². The van der Waals surface area contributed by atoms with Crippen molar-refractivity contribution in [3.05, 3.63) is 47.5 Å². The number of hydrogen-bond acceptors (Lipinski definition) is 7. The molecule has 170 valence electrons. The number of anilines is 3. The molecule has 3 aromatic rings. The number of carbonyl (C=O) groups excluding carboxylic acids is 1. The second-order valence-electron chi connectivity index (χ2n) is 8.28. The topological polar surface area (TPSA) is 115 Å². The van der Waals surface area contributed by atoms with Crippen molar-refractivity contribution in [3.8, 4) is 0 Å². The van der Waals surface area contributed by atoms with E-state index in [0.29, 0.717) is 12.4 Å². The number of carboxylic acid groups (broad SMARTS) is 1. The van der Waals surface area contributed by atoms with Crippen LogP contribution in [0.1, 0.15) is 28.7 Å². The van der Waals surface area contributed by atoms with Gasteiger partial charge in [-0.1, -0.05) is 0 Å². The van der Waals surface area contributed by atoms with E-state index in [1.54, 1.807) is 11.0 Å². The predicted octanol–water partition coefficient (Wildman–Crippen LogP) is 2.73. The Morgan fingerprint density at radius 3 is 2.64 bits per heavy atom. The predicted molar refractivity (Wildman–Crippen MR) is 125 cm³/mol. The molecule has 2 aliphatic rings. The molecule has 2 N–H and O–H groups in total. The van der Waals surface area contributed by atoms with Gasteiger partial charge in [0.25, 0.3) is 0 Å². The lowest BCUT2D eigenvalue weighted by molar-refractivity contribution is 0.0690. The number of amides is 2. The van der Waals surface area contributed by atoms with Gasteiger partial charge in [0.05, 0.1) is 28.0 Å². The Hall–Kier alpha value is -3.79. The van der Waals surface area contributed by atoms with Crippen LogP contribution in [0.25, 0.3) is 10.9 Å². The molecule has 2 amide bonds. The third-order valence-electron chi connectivity index (χ3n) is 6.23. The second kappa shape index (κ2) is 8.28. The Labute approximate surface area is 190 Å². The Kier molecular flexibility index (Phi) is 5.29.